The summed E-state index contributed by atoms with van der Waals surface area (Å²) < 4.78 is 1.18. The summed E-state index contributed by atoms with van der Waals surface area (Å²) >= 11 is 0. The summed E-state index contributed by atoms with van der Waals surface area (Å²) in [6, 6.07) is 6.84. The topological polar surface area (TPSA) is 110 Å². The van der Waals surface area contributed by atoms with Gasteiger partial charge in [-0.3, -0.25) is 9.59 Å². The van der Waals surface area contributed by atoms with Gasteiger partial charge in [-0.2, -0.15) is 0 Å². The normalized spacial score (nSPS) is 10.2. The van der Waals surface area contributed by atoms with Crippen molar-refractivity contribution in [1.82, 2.24) is 20.2 Å². The van der Waals surface area contributed by atoms with Gasteiger partial charge >= 0.3 is 5.97 Å². The molecule has 8 heteroatoms. The van der Waals surface area contributed by atoms with Gasteiger partial charge in [0.1, 0.15) is 6.54 Å². The molecule has 0 radical (unpaired) electrons. The van der Waals surface area contributed by atoms with E-state index < -0.39 is 5.97 Å². The first-order chi connectivity index (χ1) is 9.06. The van der Waals surface area contributed by atoms with Crippen LogP contribution in [0.3, 0.4) is 0 Å². The van der Waals surface area contributed by atoms with E-state index in [1.165, 1.54) is 11.6 Å². The maximum absolute atomic E-state index is 11.0. The van der Waals surface area contributed by atoms with Crippen LogP contribution >= 0.6 is 0 Å². The molecule has 0 bridgehead atoms. The molecule has 0 aliphatic heterocycles. The quantitative estimate of drug-likeness (QED) is 0.823. The van der Waals surface area contributed by atoms with E-state index in [0.717, 1.165) is 0 Å². The van der Waals surface area contributed by atoms with Crippen LogP contribution in [0.4, 0.5) is 5.69 Å². The Hall–Kier alpha value is -2.77. The number of amides is 1. The Kier molecular flexibility index (Phi) is 3.51. The molecule has 0 saturated heterocycles. The smallest absolute Gasteiger partial charge is 0.325 e. The van der Waals surface area contributed by atoms with Crippen LogP contribution in [-0.2, 0) is 16.1 Å². The highest BCUT2D eigenvalue weighted by molar-refractivity contribution is 5.89. The number of nitrogens with zero attached hydrogens (tertiary/aromatic N) is 4. The summed E-state index contributed by atoms with van der Waals surface area (Å²) in [7, 11) is 0. The molecule has 8 nitrogen and oxygen atoms in total. The Labute approximate surface area is 108 Å². The third-order valence-electron chi connectivity index (χ3n) is 2.26. The molecule has 0 unspecified atom stereocenters. The fraction of sp³-hybridized carbons (Fsp3) is 0.182. The van der Waals surface area contributed by atoms with Gasteiger partial charge in [-0.25, -0.2) is 4.68 Å². The molecule has 0 fully saturated rings. The standard InChI is InChI=1S/C11H11N5O3/c1-7(17)12-9-4-2-3-8(5-9)11-13-14-15-16(11)6-10(18)19/h2-5H,6H2,1H3,(H,12,17)(H,18,19). The summed E-state index contributed by atoms with van der Waals surface area (Å²) in [6.45, 7) is 1.08. The summed E-state index contributed by atoms with van der Waals surface area (Å²) in [5.41, 5.74) is 1.22. The van der Waals surface area contributed by atoms with Crippen molar-refractivity contribution in [3.8, 4) is 11.4 Å². The zero-order valence-electron chi connectivity index (χ0n) is 10.1. The lowest BCUT2D eigenvalue weighted by molar-refractivity contribution is -0.137. The number of benzene rings is 1. The number of anilines is 1. The van der Waals surface area contributed by atoms with Crippen molar-refractivity contribution in [2.45, 2.75) is 13.5 Å². The molecule has 0 aliphatic rings. The van der Waals surface area contributed by atoms with Crippen LogP contribution in [0.5, 0.6) is 0 Å². The summed E-state index contributed by atoms with van der Waals surface area (Å²) in [5, 5.41) is 22.2. The maximum Gasteiger partial charge on any atom is 0.325 e. The molecule has 0 spiro atoms. The average molecular weight is 261 g/mol. The van der Waals surface area contributed by atoms with Crippen molar-refractivity contribution in [3.05, 3.63) is 24.3 Å². The predicted octanol–water partition coefficient (Wildman–Crippen LogP) is 0.383. The molecule has 98 valence electrons. The molecule has 0 atom stereocenters. The molecular formula is C11H11N5O3. The highest BCUT2D eigenvalue weighted by Gasteiger charge is 2.12. The number of carboxylic acids is 1. The minimum absolute atomic E-state index is 0.192. The summed E-state index contributed by atoms with van der Waals surface area (Å²) in [4.78, 5) is 21.7. The van der Waals surface area contributed by atoms with Gasteiger partial charge in [0.2, 0.25) is 5.91 Å². The van der Waals surface area contributed by atoms with Crippen molar-refractivity contribution < 1.29 is 14.7 Å². The van der Waals surface area contributed by atoms with Gasteiger partial charge in [0.05, 0.1) is 0 Å². The Bertz CT molecular complexity index is 622. The van der Waals surface area contributed by atoms with Crippen LogP contribution in [0.15, 0.2) is 24.3 Å². The number of carbonyl (C=O) groups is 2. The SMILES string of the molecule is CC(=O)Nc1cccc(-c2nnnn2CC(=O)O)c1. The predicted molar refractivity (Wildman–Crippen MR) is 65.2 cm³/mol. The van der Waals surface area contributed by atoms with E-state index in [2.05, 4.69) is 20.8 Å². The first kappa shape index (κ1) is 12.7. The number of tetrazole rings is 1. The number of hydrogen-bond donors (Lipinski definition) is 2. The first-order valence-electron chi connectivity index (χ1n) is 5.42. The van der Waals surface area contributed by atoms with E-state index >= 15 is 0 Å². The average Bonchev–Trinajstić information content (AvgIpc) is 2.75. The molecule has 2 rings (SSSR count). The van der Waals surface area contributed by atoms with Crippen LogP contribution in [0, 0.1) is 0 Å². The van der Waals surface area contributed by atoms with Crippen LogP contribution in [0.2, 0.25) is 0 Å². The van der Waals surface area contributed by atoms with Gasteiger partial charge in [-0.1, -0.05) is 12.1 Å². The Morgan fingerprint density at radius 2 is 2.21 bits per heavy atom. The van der Waals surface area contributed by atoms with E-state index in [1.54, 1.807) is 24.3 Å². The molecule has 0 aliphatic carbocycles. The van der Waals surface area contributed by atoms with Crippen molar-refractivity contribution in [3.63, 3.8) is 0 Å². The van der Waals surface area contributed by atoms with Gasteiger partial charge in [0.15, 0.2) is 5.82 Å². The van der Waals surface area contributed by atoms with Gasteiger partial charge in [0, 0.05) is 18.2 Å². The van der Waals surface area contributed by atoms with Gasteiger partial charge in [-0.15, -0.1) is 5.10 Å². The second-order valence-electron chi connectivity index (χ2n) is 3.82. The first-order valence-corrected chi connectivity index (χ1v) is 5.42. The highest BCUT2D eigenvalue weighted by atomic mass is 16.4. The minimum atomic E-state index is -1.04. The third kappa shape index (κ3) is 3.12. The highest BCUT2D eigenvalue weighted by Crippen LogP contribution is 2.20. The van der Waals surface area contributed by atoms with Crippen molar-refractivity contribution in [2.75, 3.05) is 5.32 Å². The number of aromatic nitrogens is 4. The second kappa shape index (κ2) is 5.25. The van der Waals surface area contributed by atoms with Crippen LogP contribution in [0.25, 0.3) is 11.4 Å². The van der Waals surface area contributed by atoms with Crippen LogP contribution in [-0.4, -0.2) is 37.2 Å². The zero-order chi connectivity index (χ0) is 13.8. The number of carboxylic acid groups (broad SMARTS) is 1. The number of aliphatic carboxylic acids is 1. The lowest BCUT2D eigenvalue weighted by atomic mass is 10.2. The third-order valence-corrected chi connectivity index (χ3v) is 2.26. The van der Waals surface area contributed by atoms with E-state index in [9.17, 15) is 9.59 Å². The molecule has 1 heterocycles. The molecule has 0 saturated carbocycles. The van der Waals surface area contributed by atoms with E-state index in [-0.39, 0.29) is 12.5 Å². The molecule has 1 amide bonds. The lowest BCUT2D eigenvalue weighted by Crippen LogP contribution is -2.12. The van der Waals surface area contributed by atoms with E-state index in [0.29, 0.717) is 17.1 Å². The number of hydrogen-bond acceptors (Lipinski definition) is 5. The van der Waals surface area contributed by atoms with Gasteiger partial charge in [-0.05, 0) is 22.6 Å². The number of carbonyl (C=O) groups excluding carboxylic acids is 1. The second-order valence-corrected chi connectivity index (χ2v) is 3.82. The Morgan fingerprint density at radius 3 is 2.89 bits per heavy atom. The molecule has 2 N–H and O–H groups in total. The number of rotatable bonds is 4. The van der Waals surface area contributed by atoms with Crippen molar-refractivity contribution >= 4 is 17.6 Å². The number of nitrogens with one attached hydrogen (secondary N) is 1. The van der Waals surface area contributed by atoms with E-state index in [4.69, 9.17) is 5.11 Å². The van der Waals surface area contributed by atoms with Crippen molar-refractivity contribution in [1.29, 1.82) is 0 Å². The lowest BCUT2D eigenvalue weighted by Gasteiger charge is -2.05. The molecule has 1 aromatic heterocycles. The van der Waals surface area contributed by atoms with E-state index in [1.807, 2.05) is 0 Å². The molecular weight excluding hydrogens is 250 g/mol. The Morgan fingerprint density at radius 1 is 1.42 bits per heavy atom. The summed E-state index contributed by atoms with van der Waals surface area (Å²) in [5.74, 6) is -0.900. The van der Waals surface area contributed by atoms with Gasteiger partial charge in [0.25, 0.3) is 0 Å². The van der Waals surface area contributed by atoms with Crippen LogP contribution < -0.4 is 5.32 Å². The summed E-state index contributed by atoms with van der Waals surface area (Å²) in [6.07, 6.45) is 0. The Balaban J connectivity index is 2.33. The monoisotopic (exact) mass is 261 g/mol. The molecule has 2 aromatic rings. The van der Waals surface area contributed by atoms with Crippen LogP contribution in [0.1, 0.15) is 6.92 Å². The zero-order valence-corrected chi connectivity index (χ0v) is 10.1. The fourth-order valence-corrected chi connectivity index (χ4v) is 1.59. The molecule has 1 aromatic carbocycles. The largest absolute Gasteiger partial charge is 0.480 e. The van der Waals surface area contributed by atoms with Gasteiger partial charge < -0.3 is 10.4 Å². The molecule has 19 heavy (non-hydrogen) atoms. The maximum atomic E-state index is 11.0. The minimum Gasteiger partial charge on any atom is -0.480 e. The fourth-order valence-electron chi connectivity index (χ4n) is 1.59. The van der Waals surface area contributed by atoms with Crippen molar-refractivity contribution in [2.24, 2.45) is 0 Å².